The third-order valence-electron chi connectivity index (χ3n) is 5.75. The van der Waals surface area contributed by atoms with E-state index in [1.54, 1.807) is 47.6 Å². The van der Waals surface area contributed by atoms with Gasteiger partial charge in [-0.1, -0.05) is 37.1 Å². The summed E-state index contributed by atoms with van der Waals surface area (Å²) >= 11 is 1.35. The Morgan fingerprint density at radius 2 is 1.79 bits per heavy atom. The Kier molecular flexibility index (Phi) is 7.21. The highest BCUT2D eigenvalue weighted by molar-refractivity contribution is 7.89. The van der Waals surface area contributed by atoms with Crippen molar-refractivity contribution in [1.82, 2.24) is 9.29 Å². The molecule has 6 nitrogen and oxygen atoms in total. The van der Waals surface area contributed by atoms with Gasteiger partial charge in [-0.25, -0.2) is 17.8 Å². The van der Waals surface area contributed by atoms with Crippen molar-refractivity contribution in [1.29, 1.82) is 0 Å². The van der Waals surface area contributed by atoms with Crippen LogP contribution in [0.5, 0.6) is 0 Å². The number of ketones is 1. The highest BCUT2D eigenvalue weighted by atomic mass is 32.2. The van der Waals surface area contributed by atoms with E-state index in [-0.39, 0.29) is 17.2 Å². The van der Waals surface area contributed by atoms with Gasteiger partial charge in [0.25, 0.3) is 0 Å². The second-order valence-electron chi connectivity index (χ2n) is 8.12. The summed E-state index contributed by atoms with van der Waals surface area (Å²) in [5, 5.41) is 5.39. The molecule has 0 unspecified atom stereocenters. The summed E-state index contributed by atoms with van der Waals surface area (Å²) in [6, 6.07) is 11.2. The molecule has 0 radical (unpaired) electrons. The van der Waals surface area contributed by atoms with Crippen LogP contribution in [0.3, 0.4) is 0 Å². The molecule has 0 amide bonds. The average molecular weight is 488 g/mol. The fourth-order valence-electron chi connectivity index (χ4n) is 3.74. The van der Waals surface area contributed by atoms with E-state index in [0.29, 0.717) is 35.0 Å². The monoisotopic (exact) mass is 487 g/mol. The average Bonchev–Trinajstić information content (AvgIpc) is 3.11. The lowest BCUT2D eigenvalue weighted by Crippen LogP contribution is -2.31. The highest BCUT2D eigenvalue weighted by Gasteiger charge is 2.25. The van der Waals surface area contributed by atoms with Crippen molar-refractivity contribution in [2.45, 2.75) is 37.5 Å². The summed E-state index contributed by atoms with van der Waals surface area (Å²) in [5.74, 6) is -0.632. The maximum Gasteiger partial charge on any atom is 0.243 e. The van der Waals surface area contributed by atoms with E-state index in [2.05, 4.69) is 10.3 Å². The second-order valence-corrected chi connectivity index (χ2v) is 10.9. The Morgan fingerprint density at radius 1 is 1.09 bits per heavy atom. The molecule has 1 aromatic heterocycles. The zero-order chi connectivity index (χ0) is 23.4. The minimum atomic E-state index is -3.49. The van der Waals surface area contributed by atoms with Gasteiger partial charge >= 0.3 is 0 Å². The molecule has 4 rings (SSSR count). The van der Waals surface area contributed by atoms with Gasteiger partial charge in [0.15, 0.2) is 10.9 Å². The molecule has 1 fully saturated rings. The maximum absolute atomic E-state index is 13.7. The van der Waals surface area contributed by atoms with Crippen molar-refractivity contribution in [2.75, 3.05) is 25.0 Å². The summed E-state index contributed by atoms with van der Waals surface area (Å²) in [5.41, 5.74) is 2.29. The standard InChI is InChI=1S/C24H26FN3O3S2/c1-17-6-7-19(14-21(17)25)23(29)15-26-24-27-22(16-32-24)18-8-10-20(11-9-18)33(30,31)28-12-4-2-3-5-13-28/h6-11,14,16H,2-5,12-13,15H2,1H3,(H,26,27). The number of carbonyl (C=O) groups is 1. The molecule has 0 aliphatic carbocycles. The predicted octanol–water partition coefficient (Wildman–Crippen LogP) is 5.12. The lowest BCUT2D eigenvalue weighted by Gasteiger charge is -2.19. The Balaban J connectivity index is 1.41. The minimum Gasteiger partial charge on any atom is -0.354 e. The van der Waals surface area contributed by atoms with E-state index in [0.717, 1.165) is 31.2 Å². The molecule has 1 aliphatic heterocycles. The predicted molar refractivity (Wildman–Crippen MR) is 129 cm³/mol. The van der Waals surface area contributed by atoms with Gasteiger partial charge in [-0.2, -0.15) is 4.31 Å². The summed E-state index contributed by atoms with van der Waals surface area (Å²) in [4.78, 5) is 17.1. The third-order valence-corrected chi connectivity index (χ3v) is 8.46. The zero-order valence-electron chi connectivity index (χ0n) is 18.4. The number of aromatic nitrogens is 1. The smallest absolute Gasteiger partial charge is 0.243 e. The maximum atomic E-state index is 13.7. The van der Waals surface area contributed by atoms with E-state index in [1.165, 1.54) is 17.4 Å². The molecule has 3 aromatic rings. The van der Waals surface area contributed by atoms with Crippen molar-refractivity contribution in [3.8, 4) is 11.3 Å². The molecule has 33 heavy (non-hydrogen) atoms. The van der Waals surface area contributed by atoms with Crippen molar-refractivity contribution >= 4 is 32.3 Å². The molecule has 1 N–H and O–H groups in total. The van der Waals surface area contributed by atoms with Crippen molar-refractivity contribution in [3.63, 3.8) is 0 Å². The number of halogens is 1. The van der Waals surface area contributed by atoms with E-state index >= 15 is 0 Å². The van der Waals surface area contributed by atoms with Crippen LogP contribution >= 0.6 is 11.3 Å². The Labute approximate surface area is 197 Å². The summed E-state index contributed by atoms with van der Waals surface area (Å²) < 4.78 is 41.2. The first-order valence-electron chi connectivity index (χ1n) is 10.9. The number of nitrogens with zero attached hydrogens (tertiary/aromatic N) is 2. The number of benzene rings is 2. The number of carbonyl (C=O) groups excluding carboxylic acids is 1. The number of sulfonamides is 1. The van der Waals surface area contributed by atoms with Gasteiger partial charge in [-0.15, -0.1) is 11.3 Å². The molecule has 2 aromatic carbocycles. The summed E-state index contributed by atoms with van der Waals surface area (Å²) in [6.07, 6.45) is 3.93. The topological polar surface area (TPSA) is 79.4 Å². The van der Waals surface area contributed by atoms with Crippen LogP contribution in [0.2, 0.25) is 0 Å². The van der Waals surface area contributed by atoms with E-state index in [4.69, 9.17) is 0 Å². The Morgan fingerprint density at radius 3 is 2.45 bits per heavy atom. The first-order valence-corrected chi connectivity index (χ1v) is 13.3. The number of hydrogen-bond donors (Lipinski definition) is 1. The van der Waals surface area contributed by atoms with Gasteiger partial charge in [0.05, 0.1) is 17.1 Å². The molecule has 0 saturated carbocycles. The van der Waals surface area contributed by atoms with Gasteiger partial charge < -0.3 is 5.32 Å². The lowest BCUT2D eigenvalue weighted by molar-refractivity contribution is 0.101. The lowest BCUT2D eigenvalue weighted by atomic mass is 10.1. The van der Waals surface area contributed by atoms with Crippen LogP contribution in [-0.2, 0) is 10.0 Å². The van der Waals surface area contributed by atoms with Gasteiger partial charge in [-0.3, -0.25) is 4.79 Å². The van der Waals surface area contributed by atoms with Gasteiger partial charge in [0.2, 0.25) is 10.0 Å². The van der Waals surface area contributed by atoms with E-state index in [1.807, 2.05) is 5.38 Å². The van der Waals surface area contributed by atoms with Gasteiger partial charge in [0.1, 0.15) is 5.82 Å². The van der Waals surface area contributed by atoms with E-state index in [9.17, 15) is 17.6 Å². The number of Topliss-reactive ketones (excluding diaryl/α,β-unsaturated/α-hetero) is 1. The number of thiazole rings is 1. The molecule has 9 heteroatoms. The first-order chi connectivity index (χ1) is 15.8. The number of rotatable bonds is 7. The quantitative estimate of drug-likeness (QED) is 0.468. The second kappa shape index (κ2) is 10.1. The summed E-state index contributed by atoms with van der Waals surface area (Å²) in [7, 11) is -3.49. The van der Waals surface area contributed by atoms with Gasteiger partial charge in [0, 0.05) is 29.6 Å². The zero-order valence-corrected chi connectivity index (χ0v) is 20.0. The van der Waals surface area contributed by atoms with Crippen LogP contribution in [0.25, 0.3) is 11.3 Å². The largest absolute Gasteiger partial charge is 0.354 e. The van der Waals surface area contributed by atoms with Crippen molar-refractivity contribution < 1.29 is 17.6 Å². The van der Waals surface area contributed by atoms with E-state index < -0.39 is 15.8 Å². The SMILES string of the molecule is Cc1ccc(C(=O)CNc2nc(-c3ccc(S(=O)(=O)N4CCCCCC4)cc3)cs2)cc1F. The highest BCUT2D eigenvalue weighted by Crippen LogP contribution is 2.27. The number of hydrogen-bond acceptors (Lipinski definition) is 6. The van der Waals surface area contributed by atoms with Crippen LogP contribution in [0.4, 0.5) is 9.52 Å². The minimum absolute atomic E-state index is 0.00245. The molecular formula is C24H26FN3O3S2. The third kappa shape index (κ3) is 5.48. The molecule has 0 spiro atoms. The molecule has 2 heterocycles. The molecule has 1 aliphatic rings. The molecular weight excluding hydrogens is 461 g/mol. The Hall–Kier alpha value is -2.62. The normalized spacial score (nSPS) is 15.2. The summed E-state index contributed by atoms with van der Waals surface area (Å²) in [6.45, 7) is 2.79. The number of aryl methyl sites for hydroxylation is 1. The van der Waals surface area contributed by atoms with Gasteiger partial charge in [-0.05, 0) is 43.5 Å². The molecule has 1 saturated heterocycles. The van der Waals surface area contributed by atoms with Crippen molar-refractivity contribution in [3.05, 3.63) is 64.8 Å². The first kappa shape index (κ1) is 23.5. The van der Waals surface area contributed by atoms with Crippen molar-refractivity contribution in [2.24, 2.45) is 0 Å². The van der Waals surface area contributed by atoms with Crippen LogP contribution in [0.1, 0.15) is 41.6 Å². The molecule has 0 atom stereocenters. The van der Waals surface area contributed by atoms with Crippen LogP contribution in [-0.4, -0.2) is 43.1 Å². The Bertz CT molecular complexity index is 1230. The van der Waals surface area contributed by atoms with Crippen LogP contribution < -0.4 is 5.32 Å². The molecule has 174 valence electrons. The number of anilines is 1. The van der Waals surface area contributed by atoms with Crippen LogP contribution in [0, 0.1) is 12.7 Å². The van der Waals surface area contributed by atoms with Crippen LogP contribution in [0.15, 0.2) is 52.7 Å². The molecule has 0 bridgehead atoms. The number of nitrogens with one attached hydrogen (secondary N) is 1. The fourth-order valence-corrected chi connectivity index (χ4v) is 5.98. The fraction of sp³-hybridized carbons (Fsp3) is 0.333.